The SMILES string of the molecule is CN(CC(O)COc1cccc(CN)c1)C(C)(C)CO. The number of hydrogen-bond donors (Lipinski definition) is 3. The zero-order valence-electron chi connectivity index (χ0n) is 12.5. The Labute approximate surface area is 121 Å². The molecule has 0 aliphatic heterocycles. The molecule has 0 heterocycles. The summed E-state index contributed by atoms with van der Waals surface area (Å²) in [5, 5.41) is 19.3. The van der Waals surface area contributed by atoms with E-state index < -0.39 is 6.10 Å². The number of ether oxygens (including phenoxy) is 1. The van der Waals surface area contributed by atoms with Crippen LogP contribution in [-0.4, -0.2) is 53.6 Å². The molecule has 0 spiro atoms. The second-order valence-corrected chi connectivity index (χ2v) is 5.67. The third-order valence-corrected chi connectivity index (χ3v) is 3.48. The van der Waals surface area contributed by atoms with Crippen LogP contribution in [0.4, 0.5) is 0 Å². The van der Waals surface area contributed by atoms with Crippen LogP contribution in [0.2, 0.25) is 0 Å². The normalized spacial score (nSPS) is 13.6. The smallest absolute Gasteiger partial charge is 0.119 e. The molecule has 5 heteroatoms. The van der Waals surface area contributed by atoms with E-state index in [-0.39, 0.29) is 18.8 Å². The van der Waals surface area contributed by atoms with Crippen molar-refractivity contribution < 1.29 is 14.9 Å². The van der Waals surface area contributed by atoms with Gasteiger partial charge < -0.3 is 20.7 Å². The van der Waals surface area contributed by atoms with Gasteiger partial charge in [-0.1, -0.05) is 12.1 Å². The van der Waals surface area contributed by atoms with Gasteiger partial charge in [0.05, 0.1) is 6.61 Å². The van der Waals surface area contributed by atoms with Crippen LogP contribution in [0.1, 0.15) is 19.4 Å². The number of likely N-dealkylation sites (N-methyl/N-ethyl adjacent to an activating group) is 1. The predicted molar refractivity (Wildman–Crippen MR) is 79.6 cm³/mol. The quantitative estimate of drug-likeness (QED) is 0.650. The summed E-state index contributed by atoms with van der Waals surface area (Å²) in [6, 6.07) is 7.52. The summed E-state index contributed by atoms with van der Waals surface area (Å²) >= 11 is 0. The highest BCUT2D eigenvalue weighted by Crippen LogP contribution is 2.14. The highest BCUT2D eigenvalue weighted by Gasteiger charge is 2.24. The topological polar surface area (TPSA) is 79.0 Å². The number of nitrogens with two attached hydrogens (primary N) is 1. The van der Waals surface area contributed by atoms with Gasteiger partial charge in [-0.3, -0.25) is 4.90 Å². The van der Waals surface area contributed by atoms with E-state index in [1.165, 1.54) is 0 Å². The Morgan fingerprint density at radius 3 is 2.70 bits per heavy atom. The average Bonchev–Trinajstić information content (AvgIpc) is 2.45. The first-order valence-electron chi connectivity index (χ1n) is 6.81. The van der Waals surface area contributed by atoms with Gasteiger partial charge in [0.15, 0.2) is 0 Å². The van der Waals surface area contributed by atoms with Crippen LogP contribution in [0.3, 0.4) is 0 Å². The molecule has 4 N–H and O–H groups in total. The lowest BCUT2D eigenvalue weighted by molar-refractivity contribution is 0.0193. The zero-order chi connectivity index (χ0) is 15.2. The summed E-state index contributed by atoms with van der Waals surface area (Å²) in [6.07, 6.45) is -0.618. The van der Waals surface area contributed by atoms with Gasteiger partial charge in [-0.25, -0.2) is 0 Å². The largest absolute Gasteiger partial charge is 0.491 e. The van der Waals surface area contributed by atoms with Crippen molar-refractivity contribution in [2.75, 3.05) is 26.8 Å². The first kappa shape index (κ1) is 16.9. The van der Waals surface area contributed by atoms with Crippen LogP contribution in [-0.2, 0) is 6.54 Å². The van der Waals surface area contributed by atoms with Gasteiger partial charge in [-0.15, -0.1) is 0 Å². The molecule has 1 aromatic carbocycles. The minimum Gasteiger partial charge on any atom is -0.491 e. The van der Waals surface area contributed by atoms with E-state index in [1.54, 1.807) is 0 Å². The molecule has 0 saturated heterocycles. The maximum absolute atomic E-state index is 9.99. The standard InChI is InChI=1S/C15H26N2O3/c1-15(2,11-18)17(3)9-13(19)10-20-14-6-4-5-12(7-14)8-16/h4-7,13,18-19H,8-11,16H2,1-3H3. The lowest BCUT2D eigenvalue weighted by Gasteiger charge is -2.35. The van der Waals surface area contributed by atoms with Gasteiger partial charge in [0.1, 0.15) is 18.5 Å². The van der Waals surface area contributed by atoms with E-state index >= 15 is 0 Å². The predicted octanol–water partition coefficient (Wildman–Crippen LogP) is 0.588. The van der Waals surface area contributed by atoms with Crippen molar-refractivity contribution >= 4 is 0 Å². The van der Waals surface area contributed by atoms with Crippen molar-refractivity contribution in [3.05, 3.63) is 29.8 Å². The van der Waals surface area contributed by atoms with E-state index in [2.05, 4.69) is 0 Å². The van der Waals surface area contributed by atoms with E-state index in [0.29, 0.717) is 18.8 Å². The lowest BCUT2D eigenvalue weighted by atomic mass is 10.0. The number of aliphatic hydroxyl groups is 2. The Bertz CT molecular complexity index is 410. The van der Waals surface area contributed by atoms with Crippen molar-refractivity contribution in [2.45, 2.75) is 32.0 Å². The summed E-state index contributed by atoms with van der Waals surface area (Å²) < 4.78 is 5.56. The molecule has 5 nitrogen and oxygen atoms in total. The number of β-amino-alcohol motifs (C(OH)–C–C–N with tert-alkyl or cyclic N) is 1. The minimum atomic E-state index is -0.618. The summed E-state index contributed by atoms with van der Waals surface area (Å²) in [5.41, 5.74) is 6.20. The Balaban J connectivity index is 2.45. The Kier molecular flexibility index (Phi) is 6.42. The van der Waals surface area contributed by atoms with Crippen LogP contribution in [0.15, 0.2) is 24.3 Å². The monoisotopic (exact) mass is 282 g/mol. The first-order valence-corrected chi connectivity index (χ1v) is 6.81. The molecule has 0 bridgehead atoms. The van der Waals surface area contributed by atoms with Gasteiger partial charge in [0.25, 0.3) is 0 Å². The molecular weight excluding hydrogens is 256 g/mol. The molecule has 0 aromatic heterocycles. The Morgan fingerprint density at radius 1 is 1.40 bits per heavy atom. The zero-order valence-corrected chi connectivity index (χ0v) is 12.5. The van der Waals surface area contributed by atoms with E-state index in [0.717, 1.165) is 5.56 Å². The summed E-state index contributed by atoms with van der Waals surface area (Å²) in [5.74, 6) is 0.705. The molecule has 0 aliphatic rings. The third-order valence-electron chi connectivity index (χ3n) is 3.48. The maximum atomic E-state index is 9.99. The van der Waals surface area contributed by atoms with Gasteiger partial charge in [0.2, 0.25) is 0 Å². The fraction of sp³-hybridized carbons (Fsp3) is 0.600. The number of benzene rings is 1. The minimum absolute atomic E-state index is 0.0373. The van der Waals surface area contributed by atoms with E-state index in [4.69, 9.17) is 10.5 Å². The number of rotatable bonds is 8. The van der Waals surface area contributed by atoms with Gasteiger partial charge in [-0.2, -0.15) is 0 Å². The number of hydrogen-bond acceptors (Lipinski definition) is 5. The molecule has 114 valence electrons. The molecular formula is C15H26N2O3. The average molecular weight is 282 g/mol. The van der Waals surface area contributed by atoms with Crippen molar-refractivity contribution in [2.24, 2.45) is 5.73 Å². The summed E-state index contributed by atoms with van der Waals surface area (Å²) in [4.78, 5) is 1.91. The molecule has 20 heavy (non-hydrogen) atoms. The number of nitrogens with zero attached hydrogens (tertiary/aromatic N) is 1. The molecule has 0 aliphatic carbocycles. The van der Waals surface area contributed by atoms with Gasteiger partial charge >= 0.3 is 0 Å². The van der Waals surface area contributed by atoms with Crippen LogP contribution in [0.5, 0.6) is 5.75 Å². The van der Waals surface area contributed by atoms with Crippen molar-refractivity contribution in [1.82, 2.24) is 4.90 Å². The molecule has 0 amide bonds. The molecule has 0 saturated carbocycles. The molecule has 0 fully saturated rings. The van der Waals surface area contributed by atoms with Crippen LogP contribution < -0.4 is 10.5 Å². The van der Waals surface area contributed by atoms with Crippen LogP contribution in [0.25, 0.3) is 0 Å². The summed E-state index contributed by atoms with van der Waals surface area (Å²) in [7, 11) is 1.87. The van der Waals surface area contributed by atoms with E-state index in [1.807, 2.05) is 50.1 Å². The number of aliphatic hydroxyl groups excluding tert-OH is 2. The second kappa shape index (κ2) is 7.59. The lowest BCUT2D eigenvalue weighted by Crippen LogP contribution is -2.48. The highest BCUT2D eigenvalue weighted by molar-refractivity contribution is 5.28. The second-order valence-electron chi connectivity index (χ2n) is 5.67. The molecule has 1 aromatic rings. The highest BCUT2D eigenvalue weighted by atomic mass is 16.5. The van der Waals surface area contributed by atoms with Gasteiger partial charge in [0, 0.05) is 18.6 Å². The van der Waals surface area contributed by atoms with Crippen molar-refractivity contribution in [3.63, 3.8) is 0 Å². The summed E-state index contributed by atoms with van der Waals surface area (Å²) in [6.45, 7) is 4.99. The fourth-order valence-corrected chi connectivity index (χ4v) is 1.69. The molecule has 0 radical (unpaired) electrons. The van der Waals surface area contributed by atoms with Gasteiger partial charge in [-0.05, 0) is 38.6 Å². The van der Waals surface area contributed by atoms with Crippen molar-refractivity contribution in [3.8, 4) is 5.75 Å². The fourth-order valence-electron chi connectivity index (χ4n) is 1.69. The first-order chi connectivity index (χ1) is 9.39. The Morgan fingerprint density at radius 2 is 2.10 bits per heavy atom. The molecule has 1 unspecified atom stereocenters. The Hall–Kier alpha value is -1.14. The molecule has 1 atom stereocenters. The van der Waals surface area contributed by atoms with Crippen LogP contribution >= 0.6 is 0 Å². The van der Waals surface area contributed by atoms with Crippen molar-refractivity contribution in [1.29, 1.82) is 0 Å². The molecule has 1 rings (SSSR count). The van der Waals surface area contributed by atoms with Crippen LogP contribution in [0, 0.1) is 0 Å². The maximum Gasteiger partial charge on any atom is 0.119 e. The third kappa shape index (κ3) is 5.09. The van der Waals surface area contributed by atoms with E-state index in [9.17, 15) is 10.2 Å².